The van der Waals surface area contributed by atoms with E-state index in [1.165, 1.54) is 19.2 Å². The smallest absolute Gasteiger partial charge is 0.316 e. The number of aromatic nitrogens is 2. The molecule has 0 saturated carbocycles. The van der Waals surface area contributed by atoms with Gasteiger partial charge in [0.25, 0.3) is 10.0 Å². The van der Waals surface area contributed by atoms with Gasteiger partial charge in [0, 0.05) is 0 Å². The van der Waals surface area contributed by atoms with Gasteiger partial charge in [-0.25, -0.2) is 8.42 Å². The van der Waals surface area contributed by atoms with Crippen LogP contribution >= 0.6 is 23.1 Å². The number of thioether (sulfide) groups is 1. The summed E-state index contributed by atoms with van der Waals surface area (Å²) in [5.74, 6) is 0.154. The van der Waals surface area contributed by atoms with Crippen molar-refractivity contribution >= 4 is 55.8 Å². The van der Waals surface area contributed by atoms with Crippen LogP contribution in [0, 0.1) is 0 Å². The molecule has 4 aromatic rings. The molecule has 0 unspecified atom stereocenters. The van der Waals surface area contributed by atoms with Gasteiger partial charge in [-0.1, -0.05) is 59.5 Å². The number of sulfonamides is 1. The van der Waals surface area contributed by atoms with E-state index in [0.29, 0.717) is 15.8 Å². The molecule has 0 aliphatic carbocycles. The first kappa shape index (κ1) is 27.1. The van der Waals surface area contributed by atoms with Gasteiger partial charge in [-0.3, -0.25) is 19.2 Å². The molecular formula is C25H22N4O6S3. The minimum atomic E-state index is -4.09. The van der Waals surface area contributed by atoms with Gasteiger partial charge in [-0.05, 0) is 48.5 Å². The first-order valence-electron chi connectivity index (χ1n) is 11.1. The van der Waals surface area contributed by atoms with Crippen LogP contribution in [-0.2, 0) is 24.3 Å². The Morgan fingerprint density at radius 2 is 1.55 bits per heavy atom. The maximum absolute atomic E-state index is 13.5. The Morgan fingerprint density at radius 1 is 0.921 bits per heavy atom. The summed E-state index contributed by atoms with van der Waals surface area (Å²) in [7, 11) is -2.80. The van der Waals surface area contributed by atoms with Crippen LogP contribution in [0.3, 0.4) is 0 Å². The van der Waals surface area contributed by atoms with Crippen LogP contribution in [-0.4, -0.2) is 49.9 Å². The molecule has 0 atom stereocenters. The highest BCUT2D eigenvalue weighted by molar-refractivity contribution is 8.01. The fourth-order valence-corrected chi connectivity index (χ4v) is 6.17. The summed E-state index contributed by atoms with van der Waals surface area (Å²) in [6.07, 6.45) is 0. The topological polar surface area (TPSA) is 128 Å². The molecule has 3 aromatic carbocycles. The van der Waals surface area contributed by atoms with E-state index in [9.17, 15) is 18.0 Å². The minimum absolute atomic E-state index is 0.0369. The number of nitrogens with one attached hydrogen (secondary N) is 1. The van der Waals surface area contributed by atoms with Crippen molar-refractivity contribution in [2.45, 2.75) is 9.24 Å². The summed E-state index contributed by atoms with van der Waals surface area (Å²) in [5.41, 5.74) is 0.274. The molecule has 0 bridgehead atoms. The second-order valence-electron chi connectivity index (χ2n) is 7.52. The van der Waals surface area contributed by atoms with Crippen LogP contribution < -0.4 is 14.4 Å². The fourth-order valence-electron chi connectivity index (χ4n) is 3.13. The van der Waals surface area contributed by atoms with Crippen LogP contribution in [0.1, 0.15) is 0 Å². The zero-order valence-corrected chi connectivity index (χ0v) is 22.5. The van der Waals surface area contributed by atoms with Gasteiger partial charge >= 0.3 is 5.97 Å². The number of para-hydroxylation sites is 1. The van der Waals surface area contributed by atoms with E-state index >= 15 is 0 Å². The van der Waals surface area contributed by atoms with Crippen molar-refractivity contribution in [3.8, 4) is 11.5 Å². The molecule has 0 spiro atoms. The van der Waals surface area contributed by atoms with E-state index in [0.717, 1.165) is 27.4 Å². The lowest BCUT2D eigenvalue weighted by atomic mass is 10.3. The third-order valence-electron chi connectivity index (χ3n) is 4.92. The number of carbonyl (C=O) groups excluding carboxylic acids is 2. The molecule has 13 heteroatoms. The highest BCUT2D eigenvalue weighted by Crippen LogP contribution is 2.29. The molecule has 0 aliphatic rings. The van der Waals surface area contributed by atoms with Crippen LogP contribution in [0.25, 0.3) is 0 Å². The van der Waals surface area contributed by atoms with Crippen LogP contribution in [0.2, 0.25) is 0 Å². The second-order valence-corrected chi connectivity index (χ2v) is 11.6. The number of anilines is 2. The molecule has 1 aromatic heterocycles. The zero-order valence-electron chi connectivity index (χ0n) is 20.0. The number of benzene rings is 3. The Kier molecular flexibility index (Phi) is 8.94. The molecule has 1 N–H and O–H groups in total. The van der Waals surface area contributed by atoms with Crippen molar-refractivity contribution in [3.63, 3.8) is 0 Å². The number of rotatable bonds is 11. The first-order valence-corrected chi connectivity index (χ1v) is 14.3. The average molecular weight is 571 g/mol. The van der Waals surface area contributed by atoms with E-state index in [2.05, 4.69) is 20.3 Å². The lowest BCUT2D eigenvalue weighted by molar-refractivity contribution is -0.137. The second kappa shape index (κ2) is 12.5. The van der Waals surface area contributed by atoms with Gasteiger partial charge in [-0.2, -0.15) is 0 Å². The predicted molar refractivity (Wildman–Crippen MR) is 145 cm³/mol. The van der Waals surface area contributed by atoms with Gasteiger partial charge in [0.15, 0.2) is 4.34 Å². The molecule has 38 heavy (non-hydrogen) atoms. The van der Waals surface area contributed by atoms with Crippen LogP contribution in [0.15, 0.2) is 94.2 Å². The van der Waals surface area contributed by atoms with E-state index < -0.39 is 28.4 Å². The lowest BCUT2D eigenvalue weighted by Crippen LogP contribution is -2.38. The van der Waals surface area contributed by atoms with Crippen molar-refractivity contribution in [1.82, 2.24) is 10.2 Å². The van der Waals surface area contributed by atoms with E-state index in [-0.39, 0.29) is 21.5 Å². The van der Waals surface area contributed by atoms with E-state index in [1.807, 2.05) is 18.2 Å². The van der Waals surface area contributed by atoms with Crippen LogP contribution in [0.5, 0.6) is 11.5 Å². The molecule has 0 saturated heterocycles. The third-order valence-corrected chi connectivity index (χ3v) is 8.65. The summed E-state index contributed by atoms with van der Waals surface area (Å²) in [5, 5.41) is 10.6. The molecular weight excluding hydrogens is 548 g/mol. The Hall–Kier alpha value is -3.94. The maximum atomic E-state index is 13.5. The summed E-state index contributed by atoms with van der Waals surface area (Å²) >= 11 is 2.18. The average Bonchev–Trinajstić information content (AvgIpc) is 3.39. The Morgan fingerprint density at radius 3 is 2.21 bits per heavy atom. The van der Waals surface area contributed by atoms with Gasteiger partial charge in [0.05, 0.1) is 23.4 Å². The van der Waals surface area contributed by atoms with Crippen molar-refractivity contribution in [2.24, 2.45) is 0 Å². The van der Waals surface area contributed by atoms with Gasteiger partial charge < -0.3 is 9.47 Å². The largest absolute Gasteiger partial charge is 0.468 e. The maximum Gasteiger partial charge on any atom is 0.316 e. The molecule has 10 nitrogen and oxygen atoms in total. The lowest BCUT2D eigenvalue weighted by Gasteiger charge is -2.24. The highest BCUT2D eigenvalue weighted by atomic mass is 32.2. The number of esters is 1. The number of amides is 1. The van der Waals surface area contributed by atoms with Crippen molar-refractivity contribution in [1.29, 1.82) is 0 Å². The first-order chi connectivity index (χ1) is 18.3. The standard InChI is InChI=1S/C25H22N4O6S3/c1-34-23(31)17-36-25-28-27-24(37-25)26-22(30)16-29(38(32,33)21-10-6-3-7-11-21)18-12-14-20(15-13-18)35-19-8-4-2-5-9-19/h2-15H,16-17H2,1H3,(H,26,27,30). The number of hydrogen-bond donors (Lipinski definition) is 1. The molecule has 1 heterocycles. The summed E-state index contributed by atoms with van der Waals surface area (Å²) < 4.78 is 38.9. The molecule has 1 amide bonds. The molecule has 0 aliphatic heterocycles. The summed E-state index contributed by atoms with van der Waals surface area (Å²) in [6, 6.07) is 23.4. The van der Waals surface area contributed by atoms with E-state index in [4.69, 9.17) is 4.74 Å². The summed E-state index contributed by atoms with van der Waals surface area (Å²) in [6.45, 7) is -0.514. The number of carbonyl (C=O) groups is 2. The van der Waals surface area contributed by atoms with Crippen molar-refractivity contribution < 1.29 is 27.5 Å². The number of nitrogens with zero attached hydrogens (tertiary/aromatic N) is 3. The fraction of sp³-hybridized carbons (Fsp3) is 0.120. The number of methoxy groups -OCH3 is 1. The van der Waals surface area contributed by atoms with Gasteiger partial charge in [0.2, 0.25) is 11.0 Å². The number of hydrogen-bond acceptors (Lipinski definition) is 10. The molecule has 0 fully saturated rings. The highest BCUT2D eigenvalue weighted by Gasteiger charge is 2.27. The van der Waals surface area contributed by atoms with E-state index in [1.54, 1.807) is 54.6 Å². The third kappa shape index (κ3) is 7.09. The number of ether oxygens (including phenoxy) is 2. The monoisotopic (exact) mass is 570 g/mol. The molecule has 0 radical (unpaired) electrons. The predicted octanol–water partition coefficient (Wildman–Crippen LogP) is 4.43. The Balaban J connectivity index is 1.53. The zero-order chi connectivity index (χ0) is 27.0. The SMILES string of the molecule is COC(=O)CSc1nnc(NC(=O)CN(c2ccc(Oc3ccccc3)cc2)S(=O)(=O)c2ccccc2)s1. The molecule has 196 valence electrons. The normalized spacial score (nSPS) is 11.0. The van der Waals surface area contributed by atoms with Gasteiger partial charge in [-0.15, -0.1) is 10.2 Å². The quantitative estimate of drug-likeness (QED) is 0.158. The molecule has 4 rings (SSSR count). The Bertz CT molecular complexity index is 1480. The Labute approximate surface area is 227 Å². The van der Waals surface area contributed by atoms with Crippen molar-refractivity contribution in [2.75, 3.05) is 29.0 Å². The minimum Gasteiger partial charge on any atom is -0.468 e. The van der Waals surface area contributed by atoms with Gasteiger partial charge in [0.1, 0.15) is 18.0 Å². The van der Waals surface area contributed by atoms with Crippen LogP contribution in [0.4, 0.5) is 10.8 Å². The van der Waals surface area contributed by atoms with Crippen molar-refractivity contribution in [3.05, 3.63) is 84.9 Å². The summed E-state index contributed by atoms with van der Waals surface area (Å²) in [4.78, 5) is 24.3.